The number of carbonyl (C=O) groups excluding carboxylic acids is 2. The molecule has 26 heavy (non-hydrogen) atoms. The Bertz CT molecular complexity index is 571. The second kappa shape index (κ2) is 14.7. The van der Waals surface area contributed by atoms with Gasteiger partial charge in [-0.1, -0.05) is 42.5 Å². The molecular formula is C20H30Cl2N2O2. The Morgan fingerprint density at radius 1 is 0.846 bits per heavy atom. The van der Waals surface area contributed by atoms with Crippen LogP contribution in [0, 0.1) is 0 Å². The van der Waals surface area contributed by atoms with E-state index in [1.54, 1.807) is 12.2 Å². The van der Waals surface area contributed by atoms with Crippen molar-refractivity contribution >= 4 is 42.5 Å². The Labute approximate surface area is 169 Å². The minimum absolute atomic E-state index is 0. The van der Waals surface area contributed by atoms with Gasteiger partial charge in [0.1, 0.15) is 0 Å². The van der Waals surface area contributed by atoms with Gasteiger partial charge in [-0.25, -0.2) is 0 Å². The lowest BCUT2D eigenvalue weighted by Crippen LogP contribution is -2.23. The minimum atomic E-state index is -0.0924. The fourth-order valence-corrected chi connectivity index (χ4v) is 2.08. The van der Waals surface area contributed by atoms with Crippen molar-refractivity contribution in [3.8, 4) is 0 Å². The van der Waals surface area contributed by atoms with E-state index in [0.717, 1.165) is 5.56 Å². The summed E-state index contributed by atoms with van der Waals surface area (Å²) in [5, 5.41) is 0. The third-order valence-corrected chi connectivity index (χ3v) is 3.52. The average molecular weight is 401 g/mol. The third-order valence-electron chi connectivity index (χ3n) is 3.52. The van der Waals surface area contributed by atoms with Crippen molar-refractivity contribution in [2.45, 2.75) is 12.8 Å². The maximum Gasteiger partial charge on any atom is 0.167 e. The van der Waals surface area contributed by atoms with Gasteiger partial charge >= 0.3 is 0 Å². The highest BCUT2D eigenvalue weighted by Crippen LogP contribution is 2.09. The van der Waals surface area contributed by atoms with Crippen LogP contribution in [0.15, 0.2) is 48.1 Å². The van der Waals surface area contributed by atoms with E-state index < -0.39 is 0 Å². The van der Waals surface area contributed by atoms with E-state index in [-0.39, 0.29) is 36.4 Å². The Balaban J connectivity index is 0. The zero-order valence-electron chi connectivity index (χ0n) is 16.0. The number of Topliss-reactive ketones (excluding diaryl/α,β-unsaturated/α-hetero) is 2. The molecular weight excluding hydrogens is 371 g/mol. The molecule has 4 nitrogen and oxygen atoms in total. The molecule has 1 rings (SSSR count). The molecule has 0 fully saturated rings. The smallest absolute Gasteiger partial charge is 0.167 e. The number of nitrogens with zero attached hydrogens (tertiary/aromatic N) is 2. The minimum Gasteiger partial charge on any atom is -0.309 e. The first-order valence-electron chi connectivity index (χ1n) is 8.19. The molecule has 1 aromatic carbocycles. The van der Waals surface area contributed by atoms with Gasteiger partial charge < -0.3 is 9.80 Å². The molecule has 0 unspecified atom stereocenters. The van der Waals surface area contributed by atoms with Gasteiger partial charge in [0.2, 0.25) is 0 Å². The van der Waals surface area contributed by atoms with Crippen molar-refractivity contribution in [2.75, 3.05) is 41.3 Å². The fraction of sp³-hybridized carbons (Fsp3) is 0.400. The molecule has 0 heterocycles. The van der Waals surface area contributed by atoms with Crippen molar-refractivity contribution in [2.24, 2.45) is 0 Å². The highest BCUT2D eigenvalue weighted by atomic mass is 35.5. The number of rotatable bonds is 10. The largest absolute Gasteiger partial charge is 0.309 e. The Kier molecular flexibility index (Phi) is 15.1. The van der Waals surface area contributed by atoms with Crippen LogP contribution in [0.3, 0.4) is 0 Å². The lowest BCUT2D eigenvalue weighted by Gasteiger charge is -2.11. The van der Waals surface area contributed by atoms with Crippen molar-refractivity contribution in [3.05, 3.63) is 53.6 Å². The van der Waals surface area contributed by atoms with Gasteiger partial charge in [0.05, 0.1) is 5.57 Å². The summed E-state index contributed by atoms with van der Waals surface area (Å²) >= 11 is 0. The van der Waals surface area contributed by atoms with E-state index in [2.05, 4.69) is 0 Å². The first-order valence-corrected chi connectivity index (χ1v) is 8.19. The molecule has 0 saturated carbocycles. The van der Waals surface area contributed by atoms with Gasteiger partial charge in [-0.05, 0) is 39.8 Å². The van der Waals surface area contributed by atoms with Crippen LogP contribution in [-0.4, -0.2) is 62.6 Å². The predicted molar refractivity (Wildman–Crippen MR) is 114 cm³/mol. The summed E-state index contributed by atoms with van der Waals surface area (Å²) in [6.45, 7) is 1.28. The molecule has 0 atom stereocenters. The summed E-state index contributed by atoms with van der Waals surface area (Å²) in [6, 6.07) is 9.81. The van der Waals surface area contributed by atoms with Gasteiger partial charge in [0.25, 0.3) is 0 Å². The highest BCUT2D eigenvalue weighted by Gasteiger charge is 2.17. The molecule has 0 aliphatic heterocycles. The lowest BCUT2D eigenvalue weighted by molar-refractivity contribution is -0.121. The summed E-state index contributed by atoms with van der Waals surface area (Å²) in [6.07, 6.45) is 6.05. The monoisotopic (exact) mass is 400 g/mol. The molecule has 6 heteroatoms. The molecule has 0 aliphatic rings. The Morgan fingerprint density at radius 2 is 1.31 bits per heavy atom. The SMILES string of the molecule is CN(C)CCC(=O)C(=C/C=C/c1ccccc1)C(=O)CCN(C)C.Cl.Cl. The van der Waals surface area contributed by atoms with Crippen molar-refractivity contribution in [3.63, 3.8) is 0 Å². The molecule has 0 saturated heterocycles. The van der Waals surface area contributed by atoms with E-state index in [1.165, 1.54) is 0 Å². The summed E-state index contributed by atoms with van der Waals surface area (Å²) in [4.78, 5) is 28.7. The first kappa shape index (κ1) is 26.8. The number of allylic oxidation sites excluding steroid dienone is 3. The molecule has 0 N–H and O–H groups in total. The van der Waals surface area contributed by atoms with E-state index in [4.69, 9.17) is 0 Å². The number of benzene rings is 1. The zero-order chi connectivity index (χ0) is 17.9. The van der Waals surface area contributed by atoms with Crippen molar-refractivity contribution in [1.82, 2.24) is 9.80 Å². The summed E-state index contributed by atoms with van der Waals surface area (Å²) < 4.78 is 0. The average Bonchev–Trinajstić information content (AvgIpc) is 2.55. The van der Waals surface area contributed by atoms with Crippen molar-refractivity contribution in [1.29, 1.82) is 0 Å². The zero-order valence-corrected chi connectivity index (χ0v) is 17.6. The first-order chi connectivity index (χ1) is 11.4. The van der Waals surface area contributed by atoms with Crippen LogP contribution in [0.5, 0.6) is 0 Å². The quantitative estimate of drug-likeness (QED) is 0.260. The summed E-state index contributed by atoms with van der Waals surface area (Å²) in [5.74, 6) is -0.185. The number of halogens is 2. The van der Waals surface area contributed by atoms with E-state index in [0.29, 0.717) is 31.5 Å². The summed E-state index contributed by atoms with van der Waals surface area (Å²) in [5.41, 5.74) is 1.33. The van der Waals surface area contributed by atoms with Crippen molar-refractivity contribution < 1.29 is 9.59 Å². The number of hydrogen-bond acceptors (Lipinski definition) is 4. The second-order valence-corrected chi connectivity index (χ2v) is 6.30. The molecule has 0 radical (unpaired) electrons. The van der Waals surface area contributed by atoms with E-state index in [1.807, 2.05) is 74.4 Å². The van der Waals surface area contributed by atoms with E-state index >= 15 is 0 Å². The molecule has 0 spiro atoms. The van der Waals surface area contributed by atoms with Crippen LogP contribution < -0.4 is 0 Å². The molecule has 0 bridgehead atoms. The van der Waals surface area contributed by atoms with Crippen LogP contribution in [0.1, 0.15) is 18.4 Å². The van der Waals surface area contributed by atoms with Crippen LogP contribution in [0.2, 0.25) is 0 Å². The second-order valence-electron chi connectivity index (χ2n) is 6.30. The molecule has 1 aromatic rings. The number of hydrogen-bond donors (Lipinski definition) is 0. The Morgan fingerprint density at radius 3 is 1.73 bits per heavy atom. The summed E-state index contributed by atoms with van der Waals surface area (Å²) in [7, 11) is 7.67. The standard InChI is InChI=1S/C20H28N2O2.2ClH/c1-21(2)15-13-19(23)18(20(24)14-16-22(3)4)12-8-11-17-9-6-5-7-10-17;;/h5-12H,13-16H2,1-4H3;2*1H/b11-8+;;. The van der Waals surface area contributed by atoms with Gasteiger partial charge in [-0.3, -0.25) is 9.59 Å². The molecule has 0 aliphatic carbocycles. The maximum atomic E-state index is 12.4. The Hall–Kier alpha value is -1.46. The lowest BCUT2D eigenvalue weighted by atomic mass is 10.0. The van der Waals surface area contributed by atoms with Gasteiger partial charge in [-0.2, -0.15) is 0 Å². The van der Waals surface area contributed by atoms with Crippen LogP contribution in [0.25, 0.3) is 6.08 Å². The molecule has 0 amide bonds. The maximum absolute atomic E-state index is 12.4. The van der Waals surface area contributed by atoms with Gasteiger partial charge in [0.15, 0.2) is 11.6 Å². The fourth-order valence-electron chi connectivity index (χ4n) is 2.08. The number of carbonyl (C=O) groups is 2. The topological polar surface area (TPSA) is 40.6 Å². The molecule has 146 valence electrons. The number of ketones is 2. The van der Waals surface area contributed by atoms with Crippen LogP contribution >= 0.6 is 24.8 Å². The van der Waals surface area contributed by atoms with Crippen LogP contribution in [0.4, 0.5) is 0 Å². The van der Waals surface area contributed by atoms with Gasteiger partial charge in [-0.15, -0.1) is 24.8 Å². The van der Waals surface area contributed by atoms with Crippen LogP contribution in [-0.2, 0) is 9.59 Å². The van der Waals surface area contributed by atoms with Gasteiger partial charge in [0, 0.05) is 25.9 Å². The highest BCUT2D eigenvalue weighted by molar-refractivity contribution is 6.20. The van der Waals surface area contributed by atoms with E-state index in [9.17, 15) is 9.59 Å². The molecule has 0 aromatic heterocycles. The normalized spacial score (nSPS) is 10.4. The third kappa shape index (κ3) is 11.2. The predicted octanol–water partition coefficient (Wildman–Crippen LogP) is 3.51.